The summed E-state index contributed by atoms with van der Waals surface area (Å²) in [5, 5.41) is 0. The number of hydrogen-bond acceptors (Lipinski definition) is 2. The van der Waals surface area contributed by atoms with Crippen molar-refractivity contribution in [1.29, 1.82) is 0 Å². The summed E-state index contributed by atoms with van der Waals surface area (Å²) in [6.07, 6.45) is -4.67. The summed E-state index contributed by atoms with van der Waals surface area (Å²) < 4.78 is 36.1. The van der Waals surface area contributed by atoms with Crippen molar-refractivity contribution in [3.8, 4) is 0 Å². The maximum absolute atomic E-state index is 12.0. The van der Waals surface area contributed by atoms with Gasteiger partial charge in [0.15, 0.2) is 0 Å². The molecule has 2 atom stereocenters. The third-order valence-electron chi connectivity index (χ3n) is 1.88. The molecular weight excluding hydrogens is 157 g/mol. The Hall–Kier alpha value is -0.290. The first-order valence-electron chi connectivity index (χ1n) is 3.50. The number of rotatable bonds is 0. The van der Waals surface area contributed by atoms with Crippen molar-refractivity contribution in [3.63, 3.8) is 0 Å². The lowest BCUT2D eigenvalue weighted by Crippen LogP contribution is -2.45. The van der Waals surface area contributed by atoms with Crippen molar-refractivity contribution in [2.45, 2.75) is 25.8 Å². The van der Waals surface area contributed by atoms with Crippen LogP contribution in [0.3, 0.4) is 0 Å². The largest absolute Gasteiger partial charge is 0.461 e. The van der Waals surface area contributed by atoms with Crippen LogP contribution in [0.25, 0.3) is 0 Å². The molecule has 1 fully saturated rings. The molecule has 0 spiro atoms. The maximum Gasteiger partial charge on any atom is 0.461 e. The Morgan fingerprint density at radius 1 is 1.45 bits per heavy atom. The van der Waals surface area contributed by atoms with Crippen LogP contribution in [0.2, 0.25) is 0 Å². The Morgan fingerprint density at radius 3 is 2.18 bits per heavy atom. The number of halogens is 3. The third-order valence-corrected chi connectivity index (χ3v) is 1.88. The Labute approximate surface area is 63.2 Å². The number of hydrogen-bond donors (Lipinski definition) is 1. The zero-order valence-corrected chi connectivity index (χ0v) is 6.23. The summed E-state index contributed by atoms with van der Waals surface area (Å²) >= 11 is 0. The molecule has 11 heavy (non-hydrogen) atoms. The van der Waals surface area contributed by atoms with Crippen molar-refractivity contribution in [2.75, 3.05) is 6.54 Å². The molecule has 0 aromatic heterocycles. The molecule has 66 valence electrons. The second kappa shape index (κ2) is 2.64. The van der Waals surface area contributed by atoms with Gasteiger partial charge in [-0.2, -0.15) is 18.1 Å². The summed E-state index contributed by atoms with van der Waals surface area (Å²) in [5.41, 5.74) is 5.26. The average Bonchev–Trinajstić information content (AvgIpc) is 2.08. The van der Waals surface area contributed by atoms with Crippen LogP contribution in [0.1, 0.15) is 13.3 Å². The van der Waals surface area contributed by atoms with E-state index in [0.717, 1.165) is 0 Å². The van der Waals surface area contributed by atoms with Gasteiger partial charge in [-0.25, -0.2) is 0 Å². The first kappa shape index (κ1) is 8.80. The highest BCUT2D eigenvalue weighted by Gasteiger charge is 2.44. The van der Waals surface area contributed by atoms with E-state index in [4.69, 9.17) is 5.73 Å². The zero-order chi connectivity index (χ0) is 8.65. The normalized spacial score (nSPS) is 34.6. The van der Waals surface area contributed by atoms with E-state index in [0.29, 0.717) is 11.3 Å². The SMILES string of the molecule is CC1CC(N)N(C(F)(F)F)C1. The van der Waals surface area contributed by atoms with E-state index in [1.54, 1.807) is 6.92 Å². The van der Waals surface area contributed by atoms with Gasteiger partial charge < -0.3 is 5.73 Å². The summed E-state index contributed by atoms with van der Waals surface area (Å²) in [4.78, 5) is 0.387. The van der Waals surface area contributed by atoms with Gasteiger partial charge >= 0.3 is 6.30 Å². The van der Waals surface area contributed by atoms with Crippen LogP contribution in [-0.2, 0) is 0 Å². The fourth-order valence-electron chi connectivity index (χ4n) is 1.38. The van der Waals surface area contributed by atoms with Gasteiger partial charge in [0.05, 0.1) is 6.17 Å². The third kappa shape index (κ3) is 1.84. The summed E-state index contributed by atoms with van der Waals surface area (Å²) in [6, 6.07) is 0. The topological polar surface area (TPSA) is 29.3 Å². The predicted octanol–water partition coefficient (Wildman–Crippen LogP) is 1.13. The molecule has 1 heterocycles. The van der Waals surface area contributed by atoms with Gasteiger partial charge in [-0.1, -0.05) is 6.92 Å². The Bertz CT molecular complexity index is 145. The van der Waals surface area contributed by atoms with E-state index < -0.39 is 12.5 Å². The number of likely N-dealkylation sites (tertiary alicyclic amines) is 1. The van der Waals surface area contributed by atoms with Crippen molar-refractivity contribution in [2.24, 2.45) is 11.7 Å². The van der Waals surface area contributed by atoms with Gasteiger partial charge in [0, 0.05) is 6.54 Å². The summed E-state index contributed by atoms with van der Waals surface area (Å²) in [6.45, 7) is 1.80. The van der Waals surface area contributed by atoms with Gasteiger partial charge in [-0.05, 0) is 12.3 Å². The highest BCUT2D eigenvalue weighted by Crippen LogP contribution is 2.30. The van der Waals surface area contributed by atoms with E-state index in [1.165, 1.54) is 0 Å². The van der Waals surface area contributed by atoms with Crippen molar-refractivity contribution < 1.29 is 13.2 Å². The fourth-order valence-corrected chi connectivity index (χ4v) is 1.38. The lowest BCUT2D eigenvalue weighted by Gasteiger charge is -2.23. The highest BCUT2D eigenvalue weighted by molar-refractivity contribution is 4.80. The first-order valence-corrected chi connectivity index (χ1v) is 3.50. The second-order valence-electron chi connectivity index (χ2n) is 3.03. The second-order valence-corrected chi connectivity index (χ2v) is 3.03. The molecule has 2 nitrogen and oxygen atoms in total. The van der Waals surface area contributed by atoms with Crippen LogP contribution >= 0.6 is 0 Å². The minimum Gasteiger partial charge on any atom is -0.315 e. The van der Waals surface area contributed by atoms with E-state index in [2.05, 4.69) is 0 Å². The average molecular weight is 168 g/mol. The van der Waals surface area contributed by atoms with Crippen LogP contribution in [0, 0.1) is 5.92 Å². The predicted molar refractivity (Wildman–Crippen MR) is 34.5 cm³/mol. The van der Waals surface area contributed by atoms with Crippen molar-refractivity contribution in [3.05, 3.63) is 0 Å². The van der Waals surface area contributed by atoms with E-state index >= 15 is 0 Å². The van der Waals surface area contributed by atoms with Gasteiger partial charge in [0.25, 0.3) is 0 Å². The summed E-state index contributed by atoms with van der Waals surface area (Å²) in [7, 11) is 0. The molecule has 1 saturated heterocycles. The van der Waals surface area contributed by atoms with Gasteiger partial charge in [0.1, 0.15) is 0 Å². The molecular formula is C6H11F3N2. The monoisotopic (exact) mass is 168 g/mol. The fraction of sp³-hybridized carbons (Fsp3) is 1.00. The standard InChI is InChI=1S/C6H11F3N2/c1-4-2-5(10)11(3-4)6(7,8)9/h4-5H,2-3,10H2,1H3. The van der Waals surface area contributed by atoms with Crippen LogP contribution in [0.5, 0.6) is 0 Å². The maximum atomic E-state index is 12.0. The lowest BCUT2D eigenvalue weighted by atomic mass is 10.1. The van der Waals surface area contributed by atoms with Gasteiger partial charge in [-0.15, -0.1) is 0 Å². The first-order chi connectivity index (χ1) is 4.91. The van der Waals surface area contributed by atoms with Gasteiger partial charge in [0.2, 0.25) is 0 Å². The van der Waals surface area contributed by atoms with Crippen LogP contribution in [0.4, 0.5) is 13.2 Å². The van der Waals surface area contributed by atoms with Crippen molar-refractivity contribution in [1.82, 2.24) is 4.90 Å². The van der Waals surface area contributed by atoms with Gasteiger partial charge in [-0.3, -0.25) is 0 Å². The minimum absolute atomic E-state index is 0.0324. The molecule has 5 heteroatoms. The molecule has 1 rings (SSSR count). The molecule has 0 amide bonds. The molecule has 0 saturated carbocycles. The van der Waals surface area contributed by atoms with E-state index in [-0.39, 0.29) is 12.5 Å². The Morgan fingerprint density at radius 2 is 2.00 bits per heavy atom. The zero-order valence-electron chi connectivity index (χ0n) is 6.23. The molecule has 0 aromatic carbocycles. The quantitative estimate of drug-likeness (QED) is 0.549. The van der Waals surface area contributed by atoms with Crippen LogP contribution < -0.4 is 5.73 Å². The lowest BCUT2D eigenvalue weighted by molar-refractivity contribution is -0.250. The van der Waals surface area contributed by atoms with E-state index in [1.807, 2.05) is 0 Å². The number of nitrogens with two attached hydrogens (primary N) is 1. The molecule has 1 aliphatic rings. The summed E-state index contributed by atoms with van der Waals surface area (Å²) in [5.74, 6) is 0.0478. The van der Waals surface area contributed by atoms with Crippen LogP contribution in [0.15, 0.2) is 0 Å². The van der Waals surface area contributed by atoms with Crippen LogP contribution in [-0.4, -0.2) is 23.9 Å². The molecule has 0 bridgehead atoms. The molecule has 0 aliphatic carbocycles. The Balaban J connectivity index is 2.60. The minimum atomic E-state index is -4.26. The number of alkyl halides is 3. The molecule has 2 N–H and O–H groups in total. The molecule has 2 unspecified atom stereocenters. The molecule has 0 aromatic rings. The van der Waals surface area contributed by atoms with Crippen molar-refractivity contribution >= 4 is 0 Å². The molecule has 0 radical (unpaired) electrons. The molecule has 1 aliphatic heterocycles. The highest BCUT2D eigenvalue weighted by atomic mass is 19.4. The number of nitrogens with zero attached hydrogens (tertiary/aromatic N) is 1. The van der Waals surface area contributed by atoms with E-state index in [9.17, 15) is 13.2 Å². The smallest absolute Gasteiger partial charge is 0.315 e. The Kier molecular flexibility index (Phi) is 2.11.